The summed E-state index contributed by atoms with van der Waals surface area (Å²) < 4.78 is 11.1. The highest BCUT2D eigenvalue weighted by Gasteiger charge is 2.03. The lowest BCUT2D eigenvalue weighted by molar-refractivity contribution is 0.301. The van der Waals surface area contributed by atoms with Gasteiger partial charge in [0.2, 0.25) is 0 Å². The third-order valence-corrected chi connectivity index (χ3v) is 3.81. The smallest absolute Gasteiger partial charge is 0.193 e. The van der Waals surface area contributed by atoms with E-state index in [0.717, 1.165) is 22.7 Å². The van der Waals surface area contributed by atoms with Gasteiger partial charge >= 0.3 is 0 Å². The van der Waals surface area contributed by atoms with Gasteiger partial charge in [-0.25, -0.2) is 4.99 Å². The molecule has 146 valence electrons. The van der Waals surface area contributed by atoms with Crippen LogP contribution in [0.15, 0.2) is 77.9 Å². The Morgan fingerprint density at radius 1 is 1.07 bits per heavy atom. The van der Waals surface area contributed by atoms with Crippen LogP contribution in [0.25, 0.3) is 0 Å². The fraction of sp³-hybridized carbons (Fsp3) is 0.143. The van der Waals surface area contributed by atoms with Gasteiger partial charge in [-0.3, -0.25) is 4.98 Å². The van der Waals surface area contributed by atoms with Crippen molar-refractivity contribution in [1.82, 2.24) is 4.98 Å². The summed E-state index contributed by atoms with van der Waals surface area (Å²) >= 11 is 0. The molecule has 3 N–H and O–H groups in total. The topological polar surface area (TPSA) is 81.8 Å². The van der Waals surface area contributed by atoms with Crippen LogP contribution in [0.2, 0.25) is 0 Å². The fourth-order valence-corrected chi connectivity index (χ4v) is 2.48. The van der Waals surface area contributed by atoms with Crippen molar-refractivity contribution in [1.29, 1.82) is 0 Å². The SMILES string of the molecule is COc1ccccc1NC(N)=NCc1cccc(OCc2ccccn2)c1.I. The van der Waals surface area contributed by atoms with Crippen LogP contribution in [0.4, 0.5) is 5.69 Å². The number of rotatable bonds is 7. The van der Waals surface area contributed by atoms with Gasteiger partial charge in [0.15, 0.2) is 5.96 Å². The second kappa shape index (κ2) is 11.1. The maximum absolute atomic E-state index is 5.99. The zero-order valence-corrected chi connectivity index (χ0v) is 17.9. The second-order valence-corrected chi connectivity index (χ2v) is 5.78. The number of methoxy groups -OCH3 is 1. The van der Waals surface area contributed by atoms with Crippen molar-refractivity contribution in [2.75, 3.05) is 12.4 Å². The second-order valence-electron chi connectivity index (χ2n) is 5.78. The molecular weight excluding hydrogens is 467 g/mol. The van der Waals surface area contributed by atoms with E-state index in [1.807, 2.05) is 66.7 Å². The number of guanidine groups is 1. The molecule has 0 aliphatic rings. The first kappa shape index (κ1) is 21.5. The highest BCUT2D eigenvalue weighted by atomic mass is 127. The molecule has 3 rings (SSSR count). The molecule has 3 aromatic rings. The lowest BCUT2D eigenvalue weighted by Gasteiger charge is -2.10. The van der Waals surface area contributed by atoms with Crippen LogP contribution in [-0.4, -0.2) is 18.1 Å². The van der Waals surface area contributed by atoms with Crippen molar-refractivity contribution >= 4 is 35.6 Å². The molecule has 0 fully saturated rings. The van der Waals surface area contributed by atoms with E-state index in [0.29, 0.717) is 24.9 Å². The van der Waals surface area contributed by atoms with Gasteiger partial charge in [-0.2, -0.15) is 0 Å². The summed E-state index contributed by atoms with van der Waals surface area (Å²) in [5.74, 6) is 1.80. The minimum absolute atomic E-state index is 0. The number of aromatic nitrogens is 1. The molecule has 0 amide bonds. The van der Waals surface area contributed by atoms with Crippen LogP contribution in [0, 0.1) is 0 Å². The Morgan fingerprint density at radius 3 is 2.68 bits per heavy atom. The van der Waals surface area contributed by atoms with Crippen LogP contribution in [-0.2, 0) is 13.2 Å². The summed E-state index contributed by atoms with van der Waals surface area (Å²) in [6.07, 6.45) is 1.75. The predicted molar refractivity (Wildman–Crippen MR) is 122 cm³/mol. The molecule has 0 bridgehead atoms. The predicted octanol–water partition coefficient (Wildman–Crippen LogP) is 4.21. The summed E-state index contributed by atoms with van der Waals surface area (Å²) in [5.41, 5.74) is 8.64. The minimum Gasteiger partial charge on any atom is -0.495 e. The number of hydrogen-bond donors (Lipinski definition) is 2. The first-order chi connectivity index (χ1) is 13.2. The average Bonchev–Trinajstić information content (AvgIpc) is 2.72. The number of hydrogen-bond acceptors (Lipinski definition) is 4. The number of nitrogens with two attached hydrogens (primary N) is 1. The van der Waals surface area contributed by atoms with Gasteiger partial charge in [0.25, 0.3) is 0 Å². The van der Waals surface area contributed by atoms with Crippen molar-refractivity contribution in [3.63, 3.8) is 0 Å². The number of ether oxygens (including phenoxy) is 2. The van der Waals surface area contributed by atoms with Crippen molar-refractivity contribution in [3.8, 4) is 11.5 Å². The van der Waals surface area contributed by atoms with Crippen molar-refractivity contribution in [3.05, 3.63) is 84.2 Å². The Morgan fingerprint density at radius 2 is 1.89 bits per heavy atom. The first-order valence-corrected chi connectivity index (χ1v) is 8.56. The number of nitrogens with one attached hydrogen (secondary N) is 1. The van der Waals surface area contributed by atoms with Gasteiger partial charge < -0.3 is 20.5 Å². The Balaban J connectivity index is 0.00000280. The number of benzene rings is 2. The molecule has 0 atom stereocenters. The largest absolute Gasteiger partial charge is 0.495 e. The van der Waals surface area contributed by atoms with Crippen LogP contribution >= 0.6 is 24.0 Å². The Labute approximate surface area is 181 Å². The molecule has 0 radical (unpaired) electrons. The van der Waals surface area contributed by atoms with E-state index >= 15 is 0 Å². The van der Waals surface area contributed by atoms with Crippen LogP contribution in [0.3, 0.4) is 0 Å². The molecule has 0 saturated carbocycles. The molecule has 0 unspecified atom stereocenters. The molecule has 28 heavy (non-hydrogen) atoms. The molecule has 1 heterocycles. The van der Waals surface area contributed by atoms with E-state index in [1.54, 1.807) is 13.3 Å². The van der Waals surface area contributed by atoms with E-state index in [9.17, 15) is 0 Å². The highest BCUT2D eigenvalue weighted by molar-refractivity contribution is 14.0. The van der Waals surface area contributed by atoms with E-state index in [2.05, 4.69) is 15.3 Å². The standard InChI is InChI=1S/C21H22N4O2.HI/c1-26-20-11-3-2-10-19(20)25-21(22)24-14-16-7-6-9-18(13-16)27-15-17-8-4-5-12-23-17;/h2-13H,14-15H2,1H3,(H3,22,24,25);1H. The number of nitrogens with zero attached hydrogens (tertiary/aromatic N) is 2. The molecule has 1 aromatic heterocycles. The van der Waals surface area contributed by atoms with Gasteiger partial charge in [0.1, 0.15) is 18.1 Å². The quantitative estimate of drug-likeness (QED) is 0.295. The van der Waals surface area contributed by atoms with E-state index in [4.69, 9.17) is 15.2 Å². The highest BCUT2D eigenvalue weighted by Crippen LogP contribution is 2.22. The maximum Gasteiger partial charge on any atom is 0.193 e. The van der Waals surface area contributed by atoms with Gasteiger partial charge in [-0.15, -0.1) is 24.0 Å². The molecule has 2 aromatic carbocycles. The number of aliphatic imine (C=N–C) groups is 1. The average molecular weight is 490 g/mol. The Hall–Kier alpha value is -2.81. The minimum atomic E-state index is 0. The van der Waals surface area contributed by atoms with Gasteiger partial charge in [0.05, 0.1) is 25.0 Å². The molecule has 0 spiro atoms. The normalized spacial score (nSPS) is 10.7. The molecular formula is C21H23IN4O2. The number of para-hydroxylation sites is 2. The Bertz CT molecular complexity index is 904. The number of anilines is 1. The van der Waals surface area contributed by atoms with E-state index < -0.39 is 0 Å². The van der Waals surface area contributed by atoms with E-state index in [-0.39, 0.29) is 24.0 Å². The zero-order valence-electron chi connectivity index (χ0n) is 15.5. The lowest BCUT2D eigenvalue weighted by atomic mass is 10.2. The summed E-state index contributed by atoms with van der Waals surface area (Å²) in [6, 6.07) is 21.1. The number of pyridine rings is 1. The third-order valence-electron chi connectivity index (χ3n) is 3.81. The summed E-state index contributed by atoms with van der Waals surface area (Å²) in [4.78, 5) is 8.63. The summed E-state index contributed by atoms with van der Waals surface area (Å²) in [6.45, 7) is 0.861. The monoisotopic (exact) mass is 490 g/mol. The zero-order chi connectivity index (χ0) is 18.9. The fourth-order valence-electron chi connectivity index (χ4n) is 2.48. The maximum atomic E-state index is 5.99. The third kappa shape index (κ3) is 6.41. The lowest BCUT2D eigenvalue weighted by Crippen LogP contribution is -2.22. The summed E-state index contributed by atoms with van der Waals surface area (Å²) in [7, 11) is 1.62. The van der Waals surface area contributed by atoms with Gasteiger partial charge in [-0.05, 0) is 42.0 Å². The molecule has 6 nitrogen and oxygen atoms in total. The molecule has 0 aliphatic carbocycles. The van der Waals surface area contributed by atoms with Gasteiger partial charge in [-0.1, -0.05) is 30.3 Å². The number of halogens is 1. The first-order valence-electron chi connectivity index (χ1n) is 8.56. The van der Waals surface area contributed by atoms with E-state index in [1.165, 1.54) is 0 Å². The molecule has 0 aliphatic heterocycles. The van der Waals surface area contributed by atoms with Gasteiger partial charge in [0, 0.05) is 6.20 Å². The molecule has 0 saturated heterocycles. The van der Waals surface area contributed by atoms with Crippen LogP contribution in [0.1, 0.15) is 11.3 Å². The summed E-state index contributed by atoms with van der Waals surface area (Å²) in [5, 5.41) is 3.06. The van der Waals surface area contributed by atoms with Crippen molar-refractivity contribution in [2.45, 2.75) is 13.2 Å². The Kier molecular flexibility index (Phi) is 8.54. The molecule has 7 heteroatoms. The van der Waals surface area contributed by atoms with Crippen molar-refractivity contribution in [2.24, 2.45) is 10.7 Å². The van der Waals surface area contributed by atoms with Crippen LogP contribution < -0.4 is 20.5 Å². The van der Waals surface area contributed by atoms with Crippen molar-refractivity contribution < 1.29 is 9.47 Å². The van der Waals surface area contributed by atoms with Crippen LogP contribution in [0.5, 0.6) is 11.5 Å².